The van der Waals surface area contributed by atoms with Gasteiger partial charge in [0, 0.05) is 11.6 Å². The fraction of sp³-hybridized carbons (Fsp3) is 0.857. The second-order valence-corrected chi connectivity index (χ2v) is 4.25. The monoisotopic (exact) mass is 226 g/mol. The van der Waals surface area contributed by atoms with Crippen LogP contribution in [0.15, 0.2) is 12.7 Å². The van der Waals surface area contributed by atoms with E-state index in [4.69, 9.17) is 0 Å². The summed E-state index contributed by atoms with van der Waals surface area (Å²) >= 11 is 0. The van der Waals surface area contributed by atoms with Crippen LogP contribution in [0.3, 0.4) is 0 Å². The van der Waals surface area contributed by atoms with E-state index in [2.05, 4.69) is 57.5 Å². The van der Waals surface area contributed by atoms with Crippen molar-refractivity contribution in [3.8, 4) is 0 Å². The summed E-state index contributed by atoms with van der Waals surface area (Å²) in [4.78, 5) is 2.57. The number of rotatable bonds is 9. The first-order chi connectivity index (χ1) is 7.66. The molecule has 0 saturated carbocycles. The van der Waals surface area contributed by atoms with Gasteiger partial charge in [0.2, 0.25) is 0 Å². The highest BCUT2D eigenvalue weighted by Gasteiger charge is 2.37. The topological polar surface area (TPSA) is 15.3 Å². The Hall–Kier alpha value is -0.340. The Morgan fingerprint density at radius 2 is 1.62 bits per heavy atom. The van der Waals surface area contributed by atoms with Gasteiger partial charge in [0.25, 0.3) is 0 Å². The number of hydrogen-bond donors (Lipinski definition) is 1. The highest BCUT2D eigenvalue weighted by Crippen LogP contribution is 2.28. The van der Waals surface area contributed by atoms with Crippen molar-refractivity contribution in [2.45, 2.75) is 59.0 Å². The van der Waals surface area contributed by atoms with E-state index in [0.717, 1.165) is 32.5 Å². The van der Waals surface area contributed by atoms with Crippen molar-refractivity contribution in [2.24, 2.45) is 0 Å². The van der Waals surface area contributed by atoms with E-state index < -0.39 is 0 Å². The first-order valence-corrected chi connectivity index (χ1v) is 6.77. The van der Waals surface area contributed by atoms with Gasteiger partial charge in [-0.25, -0.2) is 0 Å². The van der Waals surface area contributed by atoms with Crippen LogP contribution in [0.25, 0.3) is 0 Å². The number of likely N-dealkylation sites (N-methyl/N-ethyl adjacent to an activating group) is 2. The van der Waals surface area contributed by atoms with Crippen molar-refractivity contribution in [3.63, 3.8) is 0 Å². The molecule has 2 heteroatoms. The molecule has 0 heterocycles. The van der Waals surface area contributed by atoms with Gasteiger partial charge in [0.15, 0.2) is 0 Å². The van der Waals surface area contributed by atoms with Crippen molar-refractivity contribution in [3.05, 3.63) is 12.7 Å². The lowest BCUT2D eigenvalue weighted by Crippen LogP contribution is -2.60. The molecule has 0 aliphatic carbocycles. The fourth-order valence-electron chi connectivity index (χ4n) is 2.90. The highest BCUT2D eigenvalue weighted by atomic mass is 15.2. The zero-order valence-corrected chi connectivity index (χ0v) is 11.8. The third-order valence-electron chi connectivity index (χ3n) is 3.86. The first kappa shape index (κ1) is 15.7. The van der Waals surface area contributed by atoms with Crippen LogP contribution in [-0.2, 0) is 0 Å². The molecule has 0 radical (unpaired) electrons. The van der Waals surface area contributed by atoms with Crippen LogP contribution in [0.2, 0.25) is 0 Å². The maximum absolute atomic E-state index is 4.00. The molecule has 0 rings (SSSR count). The van der Waals surface area contributed by atoms with E-state index in [1.807, 2.05) is 0 Å². The zero-order valence-electron chi connectivity index (χ0n) is 11.8. The third kappa shape index (κ3) is 3.08. The summed E-state index contributed by atoms with van der Waals surface area (Å²) in [6, 6.07) is 0.382. The highest BCUT2D eigenvalue weighted by molar-refractivity contribution is 5.06. The molecule has 0 aromatic heterocycles. The van der Waals surface area contributed by atoms with Gasteiger partial charge in [-0.1, -0.05) is 40.7 Å². The molecule has 0 spiro atoms. The van der Waals surface area contributed by atoms with Crippen LogP contribution in [0.1, 0.15) is 47.5 Å². The Labute approximate surface area is 102 Å². The molecular weight excluding hydrogens is 196 g/mol. The van der Waals surface area contributed by atoms with Gasteiger partial charge < -0.3 is 5.32 Å². The predicted octanol–water partition coefficient (Wildman–Crippen LogP) is 3.05. The molecule has 0 amide bonds. The lowest BCUT2D eigenvalue weighted by Gasteiger charge is -2.47. The minimum atomic E-state index is 0.223. The van der Waals surface area contributed by atoms with E-state index in [-0.39, 0.29) is 5.54 Å². The summed E-state index contributed by atoms with van der Waals surface area (Å²) in [5, 5.41) is 3.56. The molecule has 0 aromatic carbocycles. The lowest BCUT2D eigenvalue weighted by molar-refractivity contribution is 0.0655. The quantitative estimate of drug-likeness (QED) is 0.608. The Kier molecular flexibility index (Phi) is 7.69. The zero-order chi connectivity index (χ0) is 12.6. The minimum Gasteiger partial charge on any atom is -0.309 e. The van der Waals surface area contributed by atoms with Gasteiger partial charge >= 0.3 is 0 Å². The van der Waals surface area contributed by atoms with Gasteiger partial charge in [-0.05, 0) is 32.5 Å². The summed E-state index contributed by atoms with van der Waals surface area (Å²) in [5.41, 5.74) is 0.223. The summed E-state index contributed by atoms with van der Waals surface area (Å²) in [6.07, 6.45) is 4.40. The second kappa shape index (κ2) is 7.86. The molecule has 1 unspecified atom stereocenters. The molecule has 0 bridgehead atoms. The molecule has 16 heavy (non-hydrogen) atoms. The van der Waals surface area contributed by atoms with Crippen molar-refractivity contribution >= 4 is 0 Å². The molecule has 0 fully saturated rings. The Balaban J connectivity index is 5.09. The van der Waals surface area contributed by atoms with E-state index in [9.17, 15) is 0 Å². The van der Waals surface area contributed by atoms with Crippen molar-refractivity contribution < 1.29 is 0 Å². The average molecular weight is 226 g/mol. The molecule has 0 aliphatic rings. The van der Waals surface area contributed by atoms with E-state index >= 15 is 0 Å². The number of hydrogen-bond acceptors (Lipinski definition) is 2. The molecular formula is C14H30N2. The maximum atomic E-state index is 4.00. The van der Waals surface area contributed by atoms with E-state index in [0.29, 0.717) is 6.04 Å². The molecule has 0 saturated heterocycles. The normalized spacial score (nSPS) is 14.1. The summed E-state index contributed by atoms with van der Waals surface area (Å²) < 4.78 is 0. The Morgan fingerprint density at radius 1 is 1.12 bits per heavy atom. The van der Waals surface area contributed by atoms with Crippen molar-refractivity contribution in [2.75, 3.05) is 19.6 Å². The van der Waals surface area contributed by atoms with E-state index in [1.54, 1.807) is 0 Å². The summed E-state index contributed by atoms with van der Waals surface area (Å²) in [7, 11) is 0. The smallest absolute Gasteiger partial charge is 0.0433 e. The average Bonchev–Trinajstić information content (AvgIpc) is 2.33. The standard InChI is InChI=1S/C14H30N2/c1-7-13(15-10-4)14(8-2,9-3)16(11-5)12-6/h7,13,15H,1,8-12H2,2-6H3. The first-order valence-electron chi connectivity index (χ1n) is 6.77. The second-order valence-electron chi connectivity index (χ2n) is 4.25. The van der Waals surface area contributed by atoms with Crippen molar-refractivity contribution in [1.82, 2.24) is 10.2 Å². The lowest BCUT2D eigenvalue weighted by atomic mass is 9.82. The molecule has 0 aliphatic heterocycles. The van der Waals surface area contributed by atoms with Crippen LogP contribution in [0, 0.1) is 0 Å². The molecule has 2 nitrogen and oxygen atoms in total. The molecule has 1 N–H and O–H groups in total. The Morgan fingerprint density at radius 3 is 1.88 bits per heavy atom. The van der Waals surface area contributed by atoms with Crippen LogP contribution in [0.4, 0.5) is 0 Å². The SMILES string of the molecule is C=CC(NCC)C(CC)(CC)N(CC)CC. The van der Waals surface area contributed by atoms with Crippen LogP contribution in [-0.4, -0.2) is 36.1 Å². The van der Waals surface area contributed by atoms with Crippen LogP contribution < -0.4 is 5.32 Å². The maximum Gasteiger partial charge on any atom is 0.0433 e. The fourth-order valence-corrected chi connectivity index (χ4v) is 2.90. The van der Waals surface area contributed by atoms with Gasteiger partial charge in [0.1, 0.15) is 0 Å². The number of nitrogens with one attached hydrogen (secondary N) is 1. The van der Waals surface area contributed by atoms with Crippen molar-refractivity contribution in [1.29, 1.82) is 0 Å². The van der Waals surface area contributed by atoms with Gasteiger partial charge in [-0.3, -0.25) is 4.90 Å². The molecule has 1 atom stereocenters. The molecule has 96 valence electrons. The third-order valence-corrected chi connectivity index (χ3v) is 3.86. The van der Waals surface area contributed by atoms with Crippen LogP contribution >= 0.6 is 0 Å². The van der Waals surface area contributed by atoms with Gasteiger partial charge in [-0.15, -0.1) is 6.58 Å². The largest absolute Gasteiger partial charge is 0.309 e. The van der Waals surface area contributed by atoms with Gasteiger partial charge in [0.05, 0.1) is 0 Å². The number of nitrogens with zero attached hydrogens (tertiary/aromatic N) is 1. The predicted molar refractivity (Wildman–Crippen MR) is 73.9 cm³/mol. The van der Waals surface area contributed by atoms with Gasteiger partial charge in [-0.2, -0.15) is 0 Å². The molecule has 0 aromatic rings. The summed E-state index contributed by atoms with van der Waals surface area (Å²) in [5.74, 6) is 0. The summed E-state index contributed by atoms with van der Waals surface area (Å²) in [6.45, 7) is 18.4. The Bertz CT molecular complexity index is 181. The van der Waals surface area contributed by atoms with Crippen LogP contribution in [0.5, 0.6) is 0 Å². The minimum absolute atomic E-state index is 0.223. The van der Waals surface area contributed by atoms with E-state index in [1.165, 1.54) is 0 Å².